The third-order valence-electron chi connectivity index (χ3n) is 3.24. The van der Waals surface area contributed by atoms with Crippen LogP contribution in [-0.2, 0) is 0 Å². The first kappa shape index (κ1) is 13.1. The summed E-state index contributed by atoms with van der Waals surface area (Å²) in [6.07, 6.45) is 0. The van der Waals surface area contributed by atoms with E-state index in [2.05, 4.69) is 10.3 Å². The maximum Gasteiger partial charge on any atom is 0.335 e. The number of benzene rings is 2. The average molecular weight is 278 g/mol. The molecule has 3 rings (SSSR count). The van der Waals surface area contributed by atoms with Crippen LogP contribution in [0.4, 0.5) is 11.4 Å². The number of aryl methyl sites for hydroxylation is 1. The Hall–Kier alpha value is -2.88. The molecular formula is C17H14N2O2. The normalized spacial score (nSPS) is 10.5. The van der Waals surface area contributed by atoms with Gasteiger partial charge in [-0.15, -0.1) is 0 Å². The molecule has 0 saturated heterocycles. The number of aromatic carboxylic acids is 1. The van der Waals surface area contributed by atoms with Gasteiger partial charge in [0.05, 0.1) is 11.1 Å². The lowest BCUT2D eigenvalue weighted by Gasteiger charge is -2.11. The first-order chi connectivity index (χ1) is 10.1. The van der Waals surface area contributed by atoms with Gasteiger partial charge in [-0.1, -0.05) is 18.2 Å². The lowest BCUT2D eigenvalue weighted by molar-refractivity contribution is 0.0697. The smallest absolute Gasteiger partial charge is 0.335 e. The zero-order valence-corrected chi connectivity index (χ0v) is 11.5. The number of para-hydroxylation sites is 1. The Labute approximate surface area is 122 Å². The second-order valence-corrected chi connectivity index (χ2v) is 4.84. The van der Waals surface area contributed by atoms with Crippen LogP contribution in [0, 0.1) is 6.92 Å². The summed E-state index contributed by atoms with van der Waals surface area (Å²) < 4.78 is 0. The lowest BCUT2D eigenvalue weighted by atomic mass is 10.1. The number of carboxylic acids is 1. The van der Waals surface area contributed by atoms with Gasteiger partial charge in [0.15, 0.2) is 0 Å². The van der Waals surface area contributed by atoms with Crippen molar-refractivity contribution in [3.63, 3.8) is 0 Å². The van der Waals surface area contributed by atoms with E-state index in [1.165, 1.54) is 0 Å². The minimum atomic E-state index is -0.947. The maximum atomic E-state index is 11.1. The van der Waals surface area contributed by atoms with Crippen LogP contribution in [0.3, 0.4) is 0 Å². The van der Waals surface area contributed by atoms with Gasteiger partial charge in [0.25, 0.3) is 0 Å². The number of rotatable bonds is 3. The van der Waals surface area contributed by atoms with Gasteiger partial charge in [-0.05, 0) is 43.3 Å². The number of nitrogens with zero attached hydrogens (tertiary/aromatic N) is 1. The molecule has 0 unspecified atom stereocenters. The maximum absolute atomic E-state index is 11.1. The predicted octanol–water partition coefficient (Wildman–Crippen LogP) is 3.99. The number of carbonyl (C=O) groups is 1. The second-order valence-electron chi connectivity index (χ2n) is 4.84. The average Bonchev–Trinajstić information content (AvgIpc) is 2.47. The van der Waals surface area contributed by atoms with Gasteiger partial charge < -0.3 is 10.4 Å². The fourth-order valence-electron chi connectivity index (χ4n) is 2.27. The predicted molar refractivity (Wildman–Crippen MR) is 83.2 cm³/mol. The van der Waals surface area contributed by atoms with E-state index in [0.29, 0.717) is 5.52 Å². The molecule has 0 saturated carbocycles. The molecule has 0 aliphatic carbocycles. The second kappa shape index (κ2) is 5.25. The largest absolute Gasteiger partial charge is 0.478 e. The molecule has 0 spiro atoms. The minimum absolute atomic E-state index is 0.242. The molecule has 2 aromatic carbocycles. The monoisotopic (exact) mass is 278 g/mol. The quantitative estimate of drug-likeness (QED) is 0.760. The highest BCUT2D eigenvalue weighted by atomic mass is 16.4. The SMILES string of the molecule is Cc1cc(Nc2ccccc2)c2ccc(C(=O)O)cc2n1. The van der Waals surface area contributed by atoms with E-state index in [0.717, 1.165) is 22.5 Å². The zero-order valence-electron chi connectivity index (χ0n) is 11.5. The first-order valence-electron chi connectivity index (χ1n) is 6.60. The topological polar surface area (TPSA) is 62.2 Å². The Morgan fingerprint density at radius 2 is 1.86 bits per heavy atom. The van der Waals surface area contributed by atoms with E-state index in [4.69, 9.17) is 5.11 Å². The van der Waals surface area contributed by atoms with Crippen molar-refractivity contribution in [1.82, 2.24) is 4.98 Å². The Morgan fingerprint density at radius 3 is 2.57 bits per heavy atom. The number of hydrogen-bond donors (Lipinski definition) is 2. The summed E-state index contributed by atoms with van der Waals surface area (Å²) in [5, 5.41) is 13.3. The van der Waals surface area contributed by atoms with Crippen LogP contribution in [0.2, 0.25) is 0 Å². The number of anilines is 2. The van der Waals surface area contributed by atoms with Crippen LogP contribution in [0.1, 0.15) is 16.1 Å². The molecule has 104 valence electrons. The number of pyridine rings is 1. The summed E-state index contributed by atoms with van der Waals surface area (Å²) >= 11 is 0. The molecule has 2 N–H and O–H groups in total. The third-order valence-corrected chi connectivity index (χ3v) is 3.24. The van der Waals surface area contributed by atoms with Gasteiger partial charge in [-0.3, -0.25) is 4.98 Å². The number of hydrogen-bond acceptors (Lipinski definition) is 3. The van der Waals surface area contributed by atoms with Crippen molar-refractivity contribution < 1.29 is 9.90 Å². The standard InChI is InChI=1S/C17H14N2O2/c1-11-9-15(19-13-5-3-2-4-6-13)14-8-7-12(17(20)21)10-16(14)18-11/h2-10H,1H3,(H,18,19)(H,20,21). The van der Waals surface area contributed by atoms with Crippen molar-refractivity contribution in [2.45, 2.75) is 6.92 Å². The Bertz CT molecular complexity index is 814. The van der Waals surface area contributed by atoms with Gasteiger partial charge in [-0.25, -0.2) is 4.79 Å². The van der Waals surface area contributed by atoms with Crippen LogP contribution in [-0.4, -0.2) is 16.1 Å². The number of fused-ring (bicyclic) bond motifs is 1. The van der Waals surface area contributed by atoms with Crippen LogP contribution in [0.25, 0.3) is 10.9 Å². The Morgan fingerprint density at radius 1 is 1.10 bits per heavy atom. The summed E-state index contributed by atoms with van der Waals surface area (Å²) in [7, 11) is 0. The summed E-state index contributed by atoms with van der Waals surface area (Å²) in [4.78, 5) is 15.5. The Balaban J connectivity index is 2.12. The molecule has 0 aliphatic heterocycles. The molecule has 0 fully saturated rings. The van der Waals surface area contributed by atoms with Gasteiger partial charge in [-0.2, -0.15) is 0 Å². The lowest BCUT2D eigenvalue weighted by Crippen LogP contribution is -1.98. The molecule has 0 radical (unpaired) electrons. The summed E-state index contributed by atoms with van der Waals surface area (Å²) in [6.45, 7) is 1.89. The molecule has 4 heteroatoms. The summed E-state index contributed by atoms with van der Waals surface area (Å²) in [5.41, 5.74) is 3.65. The van der Waals surface area contributed by atoms with E-state index >= 15 is 0 Å². The molecule has 0 atom stereocenters. The van der Waals surface area contributed by atoms with Gasteiger partial charge >= 0.3 is 5.97 Å². The van der Waals surface area contributed by atoms with Crippen molar-refractivity contribution in [2.75, 3.05) is 5.32 Å². The third kappa shape index (κ3) is 2.69. The fraction of sp³-hybridized carbons (Fsp3) is 0.0588. The van der Waals surface area contributed by atoms with Crippen molar-refractivity contribution >= 4 is 28.2 Å². The van der Waals surface area contributed by atoms with E-state index < -0.39 is 5.97 Å². The van der Waals surface area contributed by atoms with E-state index in [1.54, 1.807) is 18.2 Å². The number of carboxylic acid groups (broad SMARTS) is 1. The van der Waals surface area contributed by atoms with E-state index in [1.807, 2.05) is 43.3 Å². The van der Waals surface area contributed by atoms with E-state index in [9.17, 15) is 4.79 Å². The number of aromatic nitrogens is 1. The zero-order chi connectivity index (χ0) is 14.8. The summed E-state index contributed by atoms with van der Waals surface area (Å²) in [6, 6.07) is 16.8. The van der Waals surface area contributed by atoms with Crippen LogP contribution < -0.4 is 5.32 Å². The fourth-order valence-corrected chi connectivity index (χ4v) is 2.27. The van der Waals surface area contributed by atoms with Crippen LogP contribution >= 0.6 is 0 Å². The first-order valence-corrected chi connectivity index (χ1v) is 6.60. The molecule has 0 amide bonds. The molecule has 0 aliphatic rings. The van der Waals surface area contributed by atoms with Crippen molar-refractivity contribution in [1.29, 1.82) is 0 Å². The molecule has 21 heavy (non-hydrogen) atoms. The van der Waals surface area contributed by atoms with Crippen molar-refractivity contribution in [2.24, 2.45) is 0 Å². The summed E-state index contributed by atoms with van der Waals surface area (Å²) in [5.74, 6) is -0.947. The molecule has 1 aromatic heterocycles. The van der Waals surface area contributed by atoms with Crippen LogP contribution in [0.15, 0.2) is 54.6 Å². The molecule has 0 bridgehead atoms. The van der Waals surface area contributed by atoms with E-state index in [-0.39, 0.29) is 5.56 Å². The number of nitrogens with one attached hydrogen (secondary N) is 1. The highest BCUT2D eigenvalue weighted by molar-refractivity contribution is 5.98. The highest BCUT2D eigenvalue weighted by Gasteiger charge is 2.08. The van der Waals surface area contributed by atoms with Gasteiger partial charge in [0, 0.05) is 22.5 Å². The van der Waals surface area contributed by atoms with Crippen molar-refractivity contribution in [3.05, 3.63) is 65.9 Å². The van der Waals surface area contributed by atoms with Crippen LogP contribution in [0.5, 0.6) is 0 Å². The van der Waals surface area contributed by atoms with Gasteiger partial charge in [0.1, 0.15) is 0 Å². The molecule has 3 aromatic rings. The minimum Gasteiger partial charge on any atom is -0.478 e. The highest BCUT2D eigenvalue weighted by Crippen LogP contribution is 2.27. The Kier molecular flexibility index (Phi) is 3.28. The van der Waals surface area contributed by atoms with Gasteiger partial charge in [0.2, 0.25) is 0 Å². The molecular weight excluding hydrogens is 264 g/mol. The van der Waals surface area contributed by atoms with Crippen molar-refractivity contribution in [3.8, 4) is 0 Å². The molecule has 4 nitrogen and oxygen atoms in total. The molecule has 1 heterocycles.